The summed E-state index contributed by atoms with van der Waals surface area (Å²) in [5, 5.41) is 6.35. The van der Waals surface area contributed by atoms with Crippen molar-refractivity contribution in [2.24, 2.45) is 0 Å². The lowest BCUT2D eigenvalue weighted by Gasteiger charge is -2.11. The van der Waals surface area contributed by atoms with Crippen LogP contribution >= 0.6 is 11.6 Å². The zero-order valence-electron chi connectivity index (χ0n) is 13.5. The minimum Gasteiger partial charge on any atom is -0.324 e. The molecular formula is C17H13ClF3N5. The molecule has 9 heteroatoms. The molecule has 2 N–H and O–H groups in total. The molecule has 3 aromatic rings. The van der Waals surface area contributed by atoms with Crippen LogP contribution in [0, 0.1) is 6.92 Å². The number of hydrogen-bond acceptors (Lipinski definition) is 5. The van der Waals surface area contributed by atoms with Crippen molar-refractivity contribution in [2.45, 2.75) is 13.1 Å². The lowest BCUT2D eigenvalue weighted by molar-refractivity contribution is -0.137. The highest BCUT2D eigenvalue weighted by atomic mass is 35.5. The fourth-order valence-corrected chi connectivity index (χ4v) is 2.33. The Morgan fingerprint density at radius 3 is 2.08 bits per heavy atom. The van der Waals surface area contributed by atoms with Gasteiger partial charge in [-0.1, -0.05) is 23.7 Å². The van der Waals surface area contributed by atoms with E-state index in [2.05, 4.69) is 25.6 Å². The summed E-state index contributed by atoms with van der Waals surface area (Å²) >= 11 is 6.09. The van der Waals surface area contributed by atoms with Crippen LogP contribution in [0.5, 0.6) is 0 Å². The molecule has 1 aromatic heterocycles. The second kappa shape index (κ2) is 7.17. The summed E-state index contributed by atoms with van der Waals surface area (Å²) in [4.78, 5) is 12.5. The van der Waals surface area contributed by atoms with E-state index in [4.69, 9.17) is 11.6 Å². The quantitative estimate of drug-likeness (QED) is 0.640. The zero-order chi connectivity index (χ0) is 18.7. The SMILES string of the molecule is Cc1nc(Nc2ccc(C(F)(F)F)cc2)nc(Nc2ccccc2Cl)n1. The van der Waals surface area contributed by atoms with Gasteiger partial charge in [-0.15, -0.1) is 0 Å². The lowest BCUT2D eigenvalue weighted by Crippen LogP contribution is -2.07. The molecule has 0 aliphatic heterocycles. The first-order chi connectivity index (χ1) is 12.3. The smallest absolute Gasteiger partial charge is 0.324 e. The van der Waals surface area contributed by atoms with Gasteiger partial charge < -0.3 is 10.6 Å². The van der Waals surface area contributed by atoms with Crippen LogP contribution < -0.4 is 10.6 Å². The average molecular weight is 380 g/mol. The molecule has 134 valence electrons. The zero-order valence-corrected chi connectivity index (χ0v) is 14.2. The van der Waals surface area contributed by atoms with Crippen molar-refractivity contribution < 1.29 is 13.2 Å². The summed E-state index contributed by atoms with van der Waals surface area (Å²) in [6.07, 6.45) is -4.38. The third-order valence-corrected chi connectivity index (χ3v) is 3.67. The summed E-state index contributed by atoms with van der Waals surface area (Å²) in [6, 6.07) is 11.7. The van der Waals surface area contributed by atoms with Gasteiger partial charge in [0.1, 0.15) is 5.82 Å². The van der Waals surface area contributed by atoms with Gasteiger partial charge in [0.2, 0.25) is 11.9 Å². The standard InChI is InChI=1S/C17H13ClF3N5/c1-10-22-15(24-12-8-6-11(7-9-12)17(19,20)21)26-16(23-10)25-14-5-3-2-4-13(14)18/h2-9H,1H3,(H2,22,23,24,25,26). The highest BCUT2D eigenvalue weighted by Gasteiger charge is 2.29. The van der Waals surface area contributed by atoms with Crippen LogP contribution in [0.15, 0.2) is 48.5 Å². The third-order valence-electron chi connectivity index (χ3n) is 3.34. The Bertz CT molecular complexity index is 913. The van der Waals surface area contributed by atoms with Gasteiger partial charge in [0.25, 0.3) is 0 Å². The van der Waals surface area contributed by atoms with Gasteiger partial charge in [-0.3, -0.25) is 0 Å². The molecule has 1 heterocycles. The normalized spacial score (nSPS) is 11.3. The molecule has 2 aromatic carbocycles. The predicted molar refractivity (Wildman–Crippen MR) is 94.0 cm³/mol. The molecule has 26 heavy (non-hydrogen) atoms. The Hall–Kier alpha value is -2.87. The third kappa shape index (κ3) is 4.40. The first-order valence-electron chi connectivity index (χ1n) is 7.50. The van der Waals surface area contributed by atoms with Gasteiger partial charge >= 0.3 is 6.18 Å². The first-order valence-corrected chi connectivity index (χ1v) is 7.87. The summed E-state index contributed by atoms with van der Waals surface area (Å²) in [6.45, 7) is 1.68. The number of rotatable bonds is 4. The number of aromatic nitrogens is 3. The lowest BCUT2D eigenvalue weighted by atomic mass is 10.2. The number of anilines is 4. The Balaban J connectivity index is 1.80. The van der Waals surface area contributed by atoms with E-state index in [1.807, 2.05) is 6.07 Å². The molecule has 0 saturated carbocycles. The number of benzene rings is 2. The van der Waals surface area contributed by atoms with Crippen LogP contribution in [0.3, 0.4) is 0 Å². The Morgan fingerprint density at radius 2 is 1.46 bits per heavy atom. The number of halogens is 4. The van der Waals surface area contributed by atoms with E-state index in [1.165, 1.54) is 12.1 Å². The van der Waals surface area contributed by atoms with Crippen LogP contribution in [0.2, 0.25) is 5.02 Å². The minimum atomic E-state index is -4.38. The van der Waals surface area contributed by atoms with Crippen molar-refractivity contribution >= 4 is 34.9 Å². The van der Waals surface area contributed by atoms with Crippen LogP contribution in [-0.2, 0) is 6.18 Å². The predicted octanol–water partition coefficient (Wildman–Crippen LogP) is 5.34. The Labute approximate surface area is 152 Å². The molecule has 5 nitrogen and oxygen atoms in total. The van der Waals surface area contributed by atoms with Crippen molar-refractivity contribution in [3.8, 4) is 0 Å². The fourth-order valence-electron chi connectivity index (χ4n) is 2.15. The van der Waals surface area contributed by atoms with E-state index in [0.29, 0.717) is 22.2 Å². The molecule has 0 unspecified atom stereocenters. The van der Waals surface area contributed by atoms with Crippen LogP contribution in [0.4, 0.5) is 36.4 Å². The Morgan fingerprint density at radius 1 is 0.846 bits per heavy atom. The van der Waals surface area contributed by atoms with Gasteiger partial charge in [0.15, 0.2) is 0 Å². The van der Waals surface area contributed by atoms with E-state index in [9.17, 15) is 13.2 Å². The van der Waals surface area contributed by atoms with Crippen LogP contribution in [-0.4, -0.2) is 15.0 Å². The molecular weight excluding hydrogens is 367 g/mol. The molecule has 0 atom stereocenters. The molecule has 0 aliphatic rings. The molecule has 0 spiro atoms. The number of hydrogen-bond donors (Lipinski definition) is 2. The van der Waals surface area contributed by atoms with E-state index in [-0.39, 0.29) is 11.9 Å². The largest absolute Gasteiger partial charge is 0.416 e. The van der Waals surface area contributed by atoms with Crippen molar-refractivity contribution in [2.75, 3.05) is 10.6 Å². The molecule has 0 radical (unpaired) electrons. The van der Waals surface area contributed by atoms with Crippen molar-refractivity contribution in [1.82, 2.24) is 15.0 Å². The number of nitrogens with one attached hydrogen (secondary N) is 2. The van der Waals surface area contributed by atoms with Gasteiger partial charge in [0, 0.05) is 5.69 Å². The maximum atomic E-state index is 12.6. The molecule has 0 saturated heterocycles. The second-order valence-corrected chi connectivity index (χ2v) is 5.74. The van der Waals surface area contributed by atoms with Gasteiger partial charge in [-0.2, -0.15) is 28.1 Å². The molecule has 0 amide bonds. The number of nitrogens with zero attached hydrogens (tertiary/aromatic N) is 3. The van der Waals surface area contributed by atoms with Gasteiger partial charge in [-0.05, 0) is 43.3 Å². The summed E-state index contributed by atoms with van der Waals surface area (Å²) in [5.74, 6) is 0.899. The molecule has 0 fully saturated rings. The summed E-state index contributed by atoms with van der Waals surface area (Å²) < 4.78 is 37.9. The maximum absolute atomic E-state index is 12.6. The van der Waals surface area contributed by atoms with E-state index < -0.39 is 11.7 Å². The second-order valence-electron chi connectivity index (χ2n) is 5.33. The van der Waals surface area contributed by atoms with Crippen molar-refractivity contribution in [1.29, 1.82) is 0 Å². The highest BCUT2D eigenvalue weighted by Crippen LogP contribution is 2.30. The average Bonchev–Trinajstić information content (AvgIpc) is 2.56. The monoisotopic (exact) mass is 379 g/mol. The molecule has 0 aliphatic carbocycles. The number of para-hydroxylation sites is 1. The van der Waals surface area contributed by atoms with Crippen molar-refractivity contribution in [3.63, 3.8) is 0 Å². The number of alkyl halides is 3. The number of aryl methyl sites for hydroxylation is 1. The van der Waals surface area contributed by atoms with E-state index in [1.54, 1.807) is 25.1 Å². The summed E-state index contributed by atoms with van der Waals surface area (Å²) in [7, 11) is 0. The highest BCUT2D eigenvalue weighted by molar-refractivity contribution is 6.33. The minimum absolute atomic E-state index is 0.201. The van der Waals surface area contributed by atoms with Crippen molar-refractivity contribution in [3.05, 3.63) is 64.9 Å². The fraction of sp³-hybridized carbons (Fsp3) is 0.118. The molecule has 0 bridgehead atoms. The topological polar surface area (TPSA) is 62.7 Å². The van der Waals surface area contributed by atoms with E-state index in [0.717, 1.165) is 12.1 Å². The van der Waals surface area contributed by atoms with Gasteiger partial charge in [-0.25, -0.2) is 0 Å². The first kappa shape index (κ1) is 17.9. The van der Waals surface area contributed by atoms with Crippen LogP contribution in [0.1, 0.15) is 11.4 Å². The maximum Gasteiger partial charge on any atom is 0.416 e. The molecule has 3 rings (SSSR count). The van der Waals surface area contributed by atoms with Crippen LogP contribution in [0.25, 0.3) is 0 Å². The summed E-state index contributed by atoms with van der Waals surface area (Å²) in [5.41, 5.74) is 0.323. The Kier molecular flexibility index (Phi) is 4.94. The van der Waals surface area contributed by atoms with E-state index >= 15 is 0 Å². The van der Waals surface area contributed by atoms with Gasteiger partial charge in [0.05, 0.1) is 16.3 Å².